The van der Waals surface area contributed by atoms with E-state index in [0.717, 1.165) is 11.8 Å². The summed E-state index contributed by atoms with van der Waals surface area (Å²) in [7, 11) is 0. The Labute approximate surface area is 137 Å². The Balaban J connectivity index is 1.75. The van der Waals surface area contributed by atoms with Crippen molar-refractivity contribution in [1.82, 2.24) is 30.0 Å². The molecule has 1 atom stereocenters. The van der Waals surface area contributed by atoms with Gasteiger partial charge in [0.2, 0.25) is 0 Å². The fourth-order valence-corrected chi connectivity index (χ4v) is 2.32. The molecule has 0 saturated carbocycles. The molecule has 122 valence electrons. The Morgan fingerprint density at radius 1 is 1.29 bits per heavy atom. The average Bonchev–Trinajstić information content (AvgIpc) is 3.13. The smallest absolute Gasteiger partial charge is 0.271 e. The normalized spacial score (nSPS) is 11.8. The van der Waals surface area contributed by atoms with Gasteiger partial charge >= 0.3 is 0 Å². The van der Waals surface area contributed by atoms with E-state index in [0.29, 0.717) is 13.0 Å². The van der Waals surface area contributed by atoms with Crippen LogP contribution < -0.4 is 10.9 Å². The molecule has 8 heteroatoms. The molecule has 24 heavy (non-hydrogen) atoms. The fourth-order valence-electron chi connectivity index (χ4n) is 2.32. The van der Waals surface area contributed by atoms with Crippen molar-refractivity contribution in [1.29, 1.82) is 0 Å². The molecule has 0 bridgehead atoms. The van der Waals surface area contributed by atoms with E-state index in [2.05, 4.69) is 25.4 Å². The number of benzene rings is 1. The van der Waals surface area contributed by atoms with Crippen molar-refractivity contribution in [3.8, 4) is 0 Å². The third-order valence-electron chi connectivity index (χ3n) is 3.53. The monoisotopic (exact) mass is 324 g/mol. The quantitative estimate of drug-likeness (QED) is 0.701. The number of aryl methyl sites for hydroxylation is 1. The van der Waals surface area contributed by atoms with Crippen LogP contribution in [-0.2, 0) is 6.54 Å². The molecule has 0 aliphatic rings. The van der Waals surface area contributed by atoms with Crippen LogP contribution in [0, 0.1) is 0 Å². The summed E-state index contributed by atoms with van der Waals surface area (Å²) in [6.07, 6.45) is 6.13. The maximum absolute atomic E-state index is 12.4. The van der Waals surface area contributed by atoms with E-state index in [-0.39, 0.29) is 23.2 Å². The summed E-state index contributed by atoms with van der Waals surface area (Å²) >= 11 is 0. The van der Waals surface area contributed by atoms with E-state index in [9.17, 15) is 9.59 Å². The lowest BCUT2D eigenvalue weighted by Gasteiger charge is -2.19. The summed E-state index contributed by atoms with van der Waals surface area (Å²) in [6, 6.07) is 9.45. The van der Waals surface area contributed by atoms with Gasteiger partial charge in [-0.2, -0.15) is 5.10 Å². The number of H-pyrrole nitrogens is 1. The van der Waals surface area contributed by atoms with Crippen molar-refractivity contribution in [3.05, 3.63) is 77.0 Å². The van der Waals surface area contributed by atoms with E-state index in [4.69, 9.17) is 0 Å². The molecule has 0 aliphatic heterocycles. The summed E-state index contributed by atoms with van der Waals surface area (Å²) in [5.41, 5.74) is 0.795. The van der Waals surface area contributed by atoms with Gasteiger partial charge in [-0.05, 0) is 12.0 Å². The van der Waals surface area contributed by atoms with E-state index >= 15 is 0 Å². The summed E-state index contributed by atoms with van der Waals surface area (Å²) in [6.45, 7) is 0.610. The van der Waals surface area contributed by atoms with Crippen molar-refractivity contribution in [2.75, 3.05) is 0 Å². The van der Waals surface area contributed by atoms with Crippen LogP contribution in [-0.4, -0.2) is 30.6 Å². The highest BCUT2D eigenvalue weighted by Crippen LogP contribution is 2.17. The molecule has 1 unspecified atom stereocenters. The SMILES string of the molecule is O=C(NC(CCn1cncn1)c1ccccc1)c1c[nH]c(=O)cn1. The number of aromatic nitrogens is 5. The van der Waals surface area contributed by atoms with Crippen LogP contribution in [0.2, 0.25) is 0 Å². The standard InChI is InChI=1S/C16H16N6O2/c23-15-9-18-14(8-19-15)16(24)21-13(12-4-2-1-3-5-12)6-7-22-11-17-10-20-22/h1-5,8-11,13H,6-7H2,(H,19,23)(H,21,24). The molecule has 0 saturated heterocycles. The minimum Gasteiger partial charge on any atom is -0.344 e. The van der Waals surface area contributed by atoms with Crippen LogP contribution in [0.5, 0.6) is 0 Å². The van der Waals surface area contributed by atoms with Gasteiger partial charge in [0.1, 0.15) is 18.3 Å². The molecule has 2 N–H and O–H groups in total. The molecule has 1 aromatic carbocycles. The lowest BCUT2D eigenvalue weighted by atomic mass is 10.0. The summed E-state index contributed by atoms with van der Waals surface area (Å²) < 4.78 is 1.71. The summed E-state index contributed by atoms with van der Waals surface area (Å²) in [5.74, 6) is -0.348. The zero-order chi connectivity index (χ0) is 16.8. The average molecular weight is 324 g/mol. The number of nitrogens with one attached hydrogen (secondary N) is 2. The van der Waals surface area contributed by atoms with Crippen molar-refractivity contribution in [3.63, 3.8) is 0 Å². The van der Waals surface area contributed by atoms with Gasteiger partial charge < -0.3 is 10.3 Å². The first-order valence-corrected chi connectivity index (χ1v) is 7.45. The summed E-state index contributed by atoms with van der Waals surface area (Å²) in [5, 5.41) is 7.02. The number of amides is 1. The van der Waals surface area contributed by atoms with Crippen molar-refractivity contribution in [2.24, 2.45) is 0 Å². The number of nitrogens with zero attached hydrogens (tertiary/aromatic N) is 4. The highest BCUT2D eigenvalue weighted by atomic mass is 16.2. The highest BCUT2D eigenvalue weighted by molar-refractivity contribution is 5.92. The topological polar surface area (TPSA) is 106 Å². The van der Waals surface area contributed by atoms with E-state index < -0.39 is 0 Å². The van der Waals surface area contributed by atoms with E-state index in [1.807, 2.05) is 30.3 Å². The Bertz CT molecular complexity index is 824. The van der Waals surface area contributed by atoms with Crippen LogP contribution in [0.4, 0.5) is 0 Å². The molecule has 3 rings (SSSR count). The van der Waals surface area contributed by atoms with Gasteiger partial charge in [-0.25, -0.2) is 9.97 Å². The second-order valence-electron chi connectivity index (χ2n) is 5.18. The first kappa shape index (κ1) is 15.6. The maximum Gasteiger partial charge on any atom is 0.271 e. The van der Waals surface area contributed by atoms with Crippen molar-refractivity contribution >= 4 is 5.91 Å². The molecule has 2 heterocycles. The van der Waals surface area contributed by atoms with Crippen LogP contribution in [0.15, 0.2) is 60.2 Å². The van der Waals surface area contributed by atoms with Gasteiger partial charge in [0.05, 0.1) is 12.2 Å². The second kappa shape index (κ2) is 7.32. The first-order valence-electron chi connectivity index (χ1n) is 7.45. The van der Waals surface area contributed by atoms with Crippen LogP contribution in [0.1, 0.15) is 28.5 Å². The third-order valence-corrected chi connectivity index (χ3v) is 3.53. The Morgan fingerprint density at radius 3 is 2.79 bits per heavy atom. The molecule has 8 nitrogen and oxygen atoms in total. The lowest BCUT2D eigenvalue weighted by molar-refractivity contribution is 0.0927. The molecule has 3 aromatic rings. The molecular weight excluding hydrogens is 308 g/mol. The Kier molecular flexibility index (Phi) is 4.76. The number of hydrogen-bond acceptors (Lipinski definition) is 5. The molecular formula is C16H16N6O2. The summed E-state index contributed by atoms with van der Waals surface area (Å²) in [4.78, 5) is 33.6. The lowest BCUT2D eigenvalue weighted by Crippen LogP contribution is -2.30. The zero-order valence-corrected chi connectivity index (χ0v) is 12.8. The van der Waals surface area contributed by atoms with Gasteiger partial charge in [-0.15, -0.1) is 0 Å². The Morgan fingerprint density at radius 2 is 2.12 bits per heavy atom. The molecule has 2 aromatic heterocycles. The molecule has 1 amide bonds. The predicted octanol–water partition coefficient (Wildman–Crippen LogP) is 0.923. The Hall–Kier alpha value is -3.29. The fraction of sp³-hybridized carbons (Fsp3) is 0.188. The highest BCUT2D eigenvalue weighted by Gasteiger charge is 2.17. The van der Waals surface area contributed by atoms with Gasteiger partial charge in [-0.3, -0.25) is 14.3 Å². The predicted molar refractivity (Wildman–Crippen MR) is 86.1 cm³/mol. The number of hydrogen-bond donors (Lipinski definition) is 2. The van der Waals surface area contributed by atoms with Crippen LogP contribution >= 0.6 is 0 Å². The maximum atomic E-state index is 12.4. The minimum atomic E-state index is -0.350. The van der Waals surface area contributed by atoms with Gasteiger partial charge in [0.25, 0.3) is 11.5 Å². The van der Waals surface area contributed by atoms with E-state index in [1.54, 1.807) is 11.0 Å². The minimum absolute atomic E-state index is 0.163. The first-order chi connectivity index (χ1) is 11.7. The van der Waals surface area contributed by atoms with Gasteiger partial charge in [0, 0.05) is 12.7 Å². The largest absolute Gasteiger partial charge is 0.344 e. The number of aromatic amines is 1. The van der Waals surface area contributed by atoms with Crippen molar-refractivity contribution in [2.45, 2.75) is 19.0 Å². The van der Waals surface area contributed by atoms with Gasteiger partial charge in [0.15, 0.2) is 0 Å². The van der Waals surface area contributed by atoms with Gasteiger partial charge in [-0.1, -0.05) is 30.3 Å². The zero-order valence-electron chi connectivity index (χ0n) is 12.8. The number of rotatable bonds is 6. The van der Waals surface area contributed by atoms with Crippen LogP contribution in [0.3, 0.4) is 0 Å². The third kappa shape index (κ3) is 3.92. The molecule has 0 radical (unpaired) electrons. The van der Waals surface area contributed by atoms with E-state index in [1.165, 1.54) is 12.5 Å². The number of carbonyl (C=O) groups is 1. The van der Waals surface area contributed by atoms with Crippen molar-refractivity contribution < 1.29 is 4.79 Å². The van der Waals surface area contributed by atoms with Crippen LogP contribution in [0.25, 0.3) is 0 Å². The number of carbonyl (C=O) groups excluding carboxylic acids is 1. The molecule has 0 spiro atoms. The molecule has 0 aliphatic carbocycles. The molecule has 0 fully saturated rings. The second-order valence-corrected chi connectivity index (χ2v) is 5.18.